The zero-order valence-corrected chi connectivity index (χ0v) is 17.8. The Bertz CT molecular complexity index is 872. The fourth-order valence-corrected chi connectivity index (χ4v) is 4.21. The molecule has 2 N–H and O–H groups in total. The minimum atomic E-state index is -0.426. The molecule has 2 aromatic heterocycles. The first-order chi connectivity index (χ1) is 15.2. The molecule has 4 heterocycles. The van der Waals surface area contributed by atoms with Crippen LogP contribution in [0.15, 0.2) is 30.7 Å². The number of rotatable bonds is 7. The van der Waals surface area contributed by atoms with Gasteiger partial charge in [0.25, 0.3) is 5.91 Å². The molecule has 168 valence electrons. The second-order valence-corrected chi connectivity index (χ2v) is 8.19. The van der Waals surface area contributed by atoms with Crippen molar-refractivity contribution in [1.29, 1.82) is 0 Å². The summed E-state index contributed by atoms with van der Waals surface area (Å²) in [5.41, 5.74) is 1.58. The largest absolute Gasteiger partial charge is 0.376 e. The Morgan fingerprint density at radius 3 is 2.84 bits per heavy atom. The Morgan fingerprint density at radius 2 is 2.03 bits per heavy atom. The Morgan fingerprint density at radius 1 is 1.16 bits per heavy atom. The monoisotopic (exact) mass is 429 g/mol. The second-order valence-electron chi connectivity index (χ2n) is 8.19. The van der Waals surface area contributed by atoms with Crippen molar-refractivity contribution in [2.45, 2.75) is 38.2 Å². The minimum Gasteiger partial charge on any atom is -0.376 e. The number of piperidine rings is 1. The molecule has 0 spiro atoms. The maximum Gasteiger partial charge on any atom is 0.319 e. The standard InChI is InChI=1S/C22H31N5O4/c28-21(19-16-30-13-14-31-19)26-10-6-17(7-11-26)3-1-2-8-24-22(29)25-18-4-5-20-23-9-12-27(20)15-18/h4-5,9,12,15,17,19H,1-3,6-8,10-11,13-14,16H2,(H2,24,25,29). The highest BCUT2D eigenvalue weighted by Crippen LogP contribution is 2.23. The predicted octanol–water partition coefficient (Wildman–Crippen LogP) is 2.28. The van der Waals surface area contributed by atoms with Crippen LogP contribution in [0.3, 0.4) is 0 Å². The van der Waals surface area contributed by atoms with Gasteiger partial charge in [0.1, 0.15) is 5.65 Å². The molecule has 2 fully saturated rings. The summed E-state index contributed by atoms with van der Waals surface area (Å²) in [7, 11) is 0. The number of likely N-dealkylation sites (tertiary alicyclic amines) is 1. The van der Waals surface area contributed by atoms with Crippen LogP contribution in [0.5, 0.6) is 0 Å². The van der Waals surface area contributed by atoms with E-state index in [1.165, 1.54) is 0 Å². The Hall–Kier alpha value is -2.65. The lowest BCUT2D eigenvalue weighted by atomic mass is 9.91. The highest BCUT2D eigenvalue weighted by atomic mass is 16.6. The third-order valence-corrected chi connectivity index (χ3v) is 5.99. The van der Waals surface area contributed by atoms with Crippen LogP contribution in [0.4, 0.5) is 10.5 Å². The molecule has 4 rings (SSSR count). The average molecular weight is 430 g/mol. The zero-order valence-electron chi connectivity index (χ0n) is 17.8. The summed E-state index contributed by atoms with van der Waals surface area (Å²) in [6.07, 6.45) is 10.2. The van der Waals surface area contributed by atoms with E-state index in [1.807, 2.05) is 33.8 Å². The van der Waals surface area contributed by atoms with Gasteiger partial charge in [-0.05, 0) is 37.3 Å². The SMILES string of the molecule is O=C(NCCCCC1CCN(C(=O)C2COCCO2)CC1)Nc1ccc2nccn2c1. The molecule has 2 aromatic rings. The molecule has 2 saturated heterocycles. The van der Waals surface area contributed by atoms with Gasteiger partial charge < -0.3 is 29.4 Å². The summed E-state index contributed by atoms with van der Waals surface area (Å²) in [6.45, 7) is 3.69. The van der Waals surface area contributed by atoms with Gasteiger partial charge in [0.2, 0.25) is 0 Å². The van der Waals surface area contributed by atoms with E-state index in [4.69, 9.17) is 9.47 Å². The number of hydrogen-bond donors (Lipinski definition) is 2. The van der Waals surface area contributed by atoms with E-state index in [2.05, 4.69) is 15.6 Å². The first kappa shape index (κ1) is 21.6. The van der Waals surface area contributed by atoms with Gasteiger partial charge >= 0.3 is 6.03 Å². The quantitative estimate of drug-likeness (QED) is 0.658. The fourth-order valence-electron chi connectivity index (χ4n) is 4.21. The predicted molar refractivity (Wildman–Crippen MR) is 116 cm³/mol. The number of nitrogens with one attached hydrogen (secondary N) is 2. The number of nitrogens with zero attached hydrogens (tertiary/aromatic N) is 3. The third kappa shape index (κ3) is 5.95. The highest BCUT2D eigenvalue weighted by Gasteiger charge is 2.30. The molecule has 2 aliphatic rings. The first-order valence-electron chi connectivity index (χ1n) is 11.1. The van der Waals surface area contributed by atoms with Gasteiger partial charge in [0.15, 0.2) is 6.10 Å². The van der Waals surface area contributed by atoms with E-state index in [0.29, 0.717) is 32.3 Å². The number of carbonyl (C=O) groups excluding carboxylic acids is 2. The number of carbonyl (C=O) groups is 2. The van der Waals surface area contributed by atoms with Crippen LogP contribution < -0.4 is 10.6 Å². The molecular formula is C22H31N5O4. The summed E-state index contributed by atoms with van der Waals surface area (Å²) in [4.78, 5) is 30.7. The number of imidazole rings is 1. The van der Waals surface area contributed by atoms with E-state index in [0.717, 1.165) is 56.5 Å². The first-order valence-corrected chi connectivity index (χ1v) is 11.1. The van der Waals surface area contributed by atoms with Crippen molar-refractivity contribution < 1.29 is 19.1 Å². The van der Waals surface area contributed by atoms with Crippen LogP contribution in [0, 0.1) is 5.92 Å². The van der Waals surface area contributed by atoms with Gasteiger partial charge in [0.05, 0.1) is 25.5 Å². The smallest absolute Gasteiger partial charge is 0.319 e. The molecule has 0 saturated carbocycles. The van der Waals surface area contributed by atoms with Gasteiger partial charge in [-0.1, -0.05) is 12.8 Å². The topological polar surface area (TPSA) is 97.2 Å². The number of pyridine rings is 1. The van der Waals surface area contributed by atoms with Crippen molar-refractivity contribution in [3.63, 3.8) is 0 Å². The maximum absolute atomic E-state index is 12.5. The molecule has 1 unspecified atom stereocenters. The lowest BCUT2D eigenvalue weighted by molar-refractivity contribution is -0.159. The molecule has 31 heavy (non-hydrogen) atoms. The zero-order chi connectivity index (χ0) is 21.5. The van der Waals surface area contributed by atoms with E-state index in [1.54, 1.807) is 6.20 Å². The van der Waals surface area contributed by atoms with Gasteiger partial charge in [-0.2, -0.15) is 0 Å². The third-order valence-electron chi connectivity index (χ3n) is 5.99. The van der Waals surface area contributed by atoms with Crippen LogP contribution in [-0.4, -0.2) is 71.8 Å². The van der Waals surface area contributed by atoms with Gasteiger partial charge in [-0.15, -0.1) is 0 Å². The molecule has 0 aromatic carbocycles. The summed E-state index contributed by atoms with van der Waals surface area (Å²) < 4.78 is 12.7. The van der Waals surface area contributed by atoms with Crippen LogP contribution in [0.25, 0.3) is 5.65 Å². The number of hydrogen-bond acceptors (Lipinski definition) is 5. The maximum atomic E-state index is 12.5. The van der Waals surface area contributed by atoms with Crippen LogP contribution in [0.2, 0.25) is 0 Å². The Labute approximate surface area is 182 Å². The van der Waals surface area contributed by atoms with Crippen LogP contribution in [-0.2, 0) is 14.3 Å². The molecule has 9 nitrogen and oxygen atoms in total. The molecule has 2 aliphatic heterocycles. The average Bonchev–Trinajstić information content (AvgIpc) is 3.27. The normalized spacial score (nSPS) is 20.0. The van der Waals surface area contributed by atoms with E-state index >= 15 is 0 Å². The number of anilines is 1. The lowest BCUT2D eigenvalue weighted by Crippen LogP contribution is -2.48. The van der Waals surface area contributed by atoms with E-state index in [9.17, 15) is 9.59 Å². The minimum absolute atomic E-state index is 0.0700. The number of unbranched alkanes of at least 4 members (excludes halogenated alkanes) is 1. The van der Waals surface area contributed by atoms with Crippen molar-refractivity contribution >= 4 is 23.3 Å². The summed E-state index contributed by atoms with van der Waals surface area (Å²) in [6, 6.07) is 3.51. The highest BCUT2D eigenvalue weighted by molar-refractivity contribution is 5.89. The van der Waals surface area contributed by atoms with Crippen LogP contribution in [0.1, 0.15) is 32.1 Å². The molecule has 0 radical (unpaired) electrons. The molecule has 0 bridgehead atoms. The molecule has 3 amide bonds. The molecule has 1 atom stereocenters. The molecule has 0 aliphatic carbocycles. The number of aromatic nitrogens is 2. The van der Waals surface area contributed by atoms with E-state index in [-0.39, 0.29) is 11.9 Å². The fraction of sp³-hybridized carbons (Fsp3) is 0.591. The van der Waals surface area contributed by atoms with Crippen molar-refractivity contribution in [3.05, 3.63) is 30.7 Å². The van der Waals surface area contributed by atoms with Gasteiger partial charge in [0, 0.05) is 38.2 Å². The summed E-state index contributed by atoms with van der Waals surface area (Å²) in [5, 5.41) is 5.77. The number of urea groups is 1. The molecule has 9 heteroatoms. The Kier molecular flexibility index (Phi) is 7.37. The second kappa shape index (κ2) is 10.6. The molecular weight excluding hydrogens is 398 g/mol. The van der Waals surface area contributed by atoms with Crippen molar-refractivity contribution in [3.8, 4) is 0 Å². The van der Waals surface area contributed by atoms with Crippen molar-refractivity contribution in [2.24, 2.45) is 5.92 Å². The van der Waals surface area contributed by atoms with Crippen molar-refractivity contribution in [2.75, 3.05) is 44.8 Å². The number of amides is 3. The van der Waals surface area contributed by atoms with Gasteiger partial charge in [-0.3, -0.25) is 4.79 Å². The van der Waals surface area contributed by atoms with Crippen LogP contribution >= 0.6 is 0 Å². The summed E-state index contributed by atoms with van der Waals surface area (Å²) in [5.74, 6) is 0.712. The van der Waals surface area contributed by atoms with E-state index < -0.39 is 6.10 Å². The van der Waals surface area contributed by atoms with Crippen molar-refractivity contribution in [1.82, 2.24) is 19.6 Å². The number of fused-ring (bicyclic) bond motifs is 1. The Balaban J connectivity index is 1.07. The van der Waals surface area contributed by atoms with Gasteiger partial charge in [-0.25, -0.2) is 9.78 Å². The lowest BCUT2D eigenvalue weighted by Gasteiger charge is -2.35. The summed E-state index contributed by atoms with van der Waals surface area (Å²) >= 11 is 0. The number of ether oxygens (including phenoxy) is 2.